The Hall–Kier alpha value is -4.28. The highest BCUT2D eigenvalue weighted by molar-refractivity contribution is 5.75. The number of nitrogen functional groups attached to an aromatic ring is 1. The Morgan fingerprint density at radius 1 is 0.914 bits per heavy atom. The predicted molar refractivity (Wildman–Crippen MR) is 119 cm³/mol. The number of benzene rings is 2. The molecule has 5 rings (SSSR count). The van der Waals surface area contributed by atoms with Crippen LogP contribution in [-0.2, 0) is 0 Å². The minimum absolute atomic E-state index is 0.0363. The number of nitrogens with two attached hydrogens (primary N) is 1. The minimum Gasteiger partial charge on any atom is -0.366 e. The molecule has 5 aromatic rings. The molecule has 0 bridgehead atoms. The predicted octanol–water partition coefficient (Wildman–Crippen LogP) is 5.50. The summed E-state index contributed by atoms with van der Waals surface area (Å²) < 4.78 is 74.3. The summed E-state index contributed by atoms with van der Waals surface area (Å²) in [6, 6.07) is 8.15. The molecule has 0 aliphatic carbocycles. The van der Waals surface area contributed by atoms with Crippen LogP contribution in [0.3, 0.4) is 0 Å². The summed E-state index contributed by atoms with van der Waals surface area (Å²) in [5.74, 6) is -5.51. The van der Waals surface area contributed by atoms with Crippen LogP contribution >= 0.6 is 0 Å². The number of aromatic nitrogens is 5. The first-order valence-electron chi connectivity index (χ1n) is 10.4. The first-order chi connectivity index (χ1) is 16.6. The van der Waals surface area contributed by atoms with Gasteiger partial charge in [-0.2, -0.15) is 10.1 Å². The SMILES string of the molecule is CC(F)(F)[C@@H](c1ccc(F)cc1)n1cc(-c2cc(-c3ccn4nc(N)nc4c3)c(F)cc2F)cn1. The molecule has 0 saturated carbocycles. The van der Waals surface area contributed by atoms with Crippen molar-refractivity contribution in [3.63, 3.8) is 0 Å². The normalized spacial score (nSPS) is 12.9. The molecule has 178 valence electrons. The van der Waals surface area contributed by atoms with E-state index >= 15 is 0 Å². The van der Waals surface area contributed by atoms with E-state index in [2.05, 4.69) is 15.2 Å². The standard InChI is InChI=1S/C24H17F5N6/c1-24(28,29)22(13-2-4-16(25)5-3-13)35-12-15(11-31-35)18-9-17(19(26)10-20(18)27)14-6-7-34-21(8-14)32-23(30)33-34/h2-12,22H,1H3,(H2,30,33)/t22-/m1/s1. The third-order valence-corrected chi connectivity index (χ3v) is 5.56. The second kappa shape index (κ2) is 8.19. The zero-order valence-electron chi connectivity index (χ0n) is 18.1. The summed E-state index contributed by atoms with van der Waals surface area (Å²) in [5, 5.41) is 7.97. The van der Waals surface area contributed by atoms with Gasteiger partial charge in [-0.1, -0.05) is 12.1 Å². The largest absolute Gasteiger partial charge is 0.366 e. The van der Waals surface area contributed by atoms with Gasteiger partial charge in [0, 0.05) is 42.1 Å². The van der Waals surface area contributed by atoms with Crippen molar-refractivity contribution in [2.75, 3.05) is 5.73 Å². The topological polar surface area (TPSA) is 74.0 Å². The maximum Gasteiger partial charge on any atom is 0.271 e. The van der Waals surface area contributed by atoms with Crippen molar-refractivity contribution in [3.05, 3.63) is 90.1 Å². The molecule has 0 unspecified atom stereocenters. The van der Waals surface area contributed by atoms with Crippen LogP contribution in [0, 0.1) is 17.5 Å². The lowest BCUT2D eigenvalue weighted by Crippen LogP contribution is -2.29. The van der Waals surface area contributed by atoms with E-state index < -0.39 is 29.4 Å². The molecular weight excluding hydrogens is 467 g/mol. The van der Waals surface area contributed by atoms with Gasteiger partial charge in [-0.05, 0) is 41.5 Å². The molecule has 6 nitrogen and oxygen atoms in total. The quantitative estimate of drug-likeness (QED) is 0.334. The Balaban J connectivity index is 1.58. The Morgan fingerprint density at radius 2 is 1.60 bits per heavy atom. The Kier molecular flexibility index (Phi) is 5.27. The fourth-order valence-electron chi connectivity index (χ4n) is 4.00. The molecular formula is C24H17F5N6. The van der Waals surface area contributed by atoms with Crippen LogP contribution in [0.4, 0.5) is 27.9 Å². The molecule has 2 N–H and O–H groups in total. The lowest BCUT2D eigenvalue weighted by molar-refractivity contribution is -0.0217. The van der Waals surface area contributed by atoms with Crippen molar-refractivity contribution in [1.82, 2.24) is 24.4 Å². The fourth-order valence-corrected chi connectivity index (χ4v) is 4.00. The van der Waals surface area contributed by atoms with Crippen LogP contribution < -0.4 is 5.73 Å². The van der Waals surface area contributed by atoms with E-state index in [0.717, 1.165) is 22.9 Å². The van der Waals surface area contributed by atoms with Crippen molar-refractivity contribution in [3.8, 4) is 22.3 Å². The van der Waals surface area contributed by atoms with E-state index in [-0.39, 0.29) is 28.2 Å². The molecule has 0 amide bonds. The van der Waals surface area contributed by atoms with E-state index in [9.17, 15) is 22.0 Å². The summed E-state index contributed by atoms with van der Waals surface area (Å²) in [5.41, 5.74) is 6.65. The molecule has 0 radical (unpaired) electrons. The van der Waals surface area contributed by atoms with Gasteiger partial charge in [-0.15, -0.1) is 5.10 Å². The summed E-state index contributed by atoms with van der Waals surface area (Å²) >= 11 is 0. The minimum atomic E-state index is -3.27. The van der Waals surface area contributed by atoms with Crippen LogP contribution in [-0.4, -0.2) is 30.3 Å². The number of anilines is 1. The van der Waals surface area contributed by atoms with Gasteiger partial charge < -0.3 is 5.73 Å². The second-order valence-corrected chi connectivity index (χ2v) is 8.12. The molecule has 0 fully saturated rings. The third kappa shape index (κ3) is 4.20. The molecule has 0 saturated heterocycles. The van der Waals surface area contributed by atoms with Gasteiger partial charge in [0.05, 0.1) is 6.20 Å². The third-order valence-electron chi connectivity index (χ3n) is 5.56. The first-order valence-corrected chi connectivity index (χ1v) is 10.4. The first kappa shape index (κ1) is 22.5. The van der Waals surface area contributed by atoms with Gasteiger partial charge in [0.2, 0.25) is 5.95 Å². The highest BCUT2D eigenvalue weighted by Gasteiger charge is 2.38. The average molecular weight is 484 g/mol. The molecule has 1 atom stereocenters. The zero-order valence-corrected chi connectivity index (χ0v) is 18.1. The van der Waals surface area contributed by atoms with Gasteiger partial charge in [0.15, 0.2) is 5.65 Å². The van der Waals surface area contributed by atoms with Gasteiger partial charge in [0.1, 0.15) is 23.5 Å². The van der Waals surface area contributed by atoms with Crippen molar-refractivity contribution in [2.24, 2.45) is 0 Å². The molecule has 11 heteroatoms. The summed E-state index contributed by atoms with van der Waals surface area (Å²) in [6.07, 6.45) is 3.99. The molecule has 0 aliphatic heterocycles. The Labute approximate surface area is 195 Å². The maximum absolute atomic E-state index is 14.8. The van der Waals surface area contributed by atoms with Crippen molar-refractivity contribution in [1.29, 1.82) is 0 Å². The van der Waals surface area contributed by atoms with Crippen LogP contribution in [0.5, 0.6) is 0 Å². The van der Waals surface area contributed by atoms with E-state index in [4.69, 9.17) is 5.73 Å². The van der Waals surface area contributed by atoms with Gasteiger partial charge in [0.25, 0.3) is 5.92 Å². The number of pyridine rings is 1. The molecule has 3 aromatic heterocycles. The highest BCUT2D eigenvalue weighted by atomic mass is 19.3. The molecule has 0 spiro atoms. The van der Waals surface area contributed by atoms with E-state index in [1.165, 1.54) is 47.4 Å². The Morgan fingerprint density at radius 3 is 2.29 bits per heavy atom. The number of rotatable bonds is 5. The van der Waals surface area contributed by atoms with Gasteiger partial charge >= 0.3 is 0 Å². The maximum atomic E-state index is 14.8. The van der Waals surface area contributed by atoms with E-state index in [0.29, 0.717) is 18.1 Å². The zero-order chi connectivity index (χ0) is 24.9. The molecule has 0 aliphatic rings. The summed E-state index contributed by atoms with van der Waals surface area (Å²) in [7, 11) is 0. The van der Waals surface area contributed by atoms with Crippen LogP contribution in [0.25, 0.3) is 27.9 Å². The number of hydrogen-bond acceptors (Lipinski definition) is 4. The summed E-state index contributed by atoms with van der Waals surface area (Å²) in [6.45, 7) is 0.715. The lowest BCUT2D eigenvalue weighted by atomic mass is 9.99. The van der Waals surface area contributed by atoms with E-state index in [1.807, 2.05) is 0 Å². The lowest BCUT2D eigenvalue weighted by Gasteiger charge is -2.24. The smallest absolute Gasteiger partial charge is 0.271 e. The van der Waals surface area contributed by atoms with Crippen molar-refractivity contribution < 1.29 is 22.0 Å². The second-order valence-electron chi connectivity index (χ2n) is 8.12. The van der Waals surface area contributed by atoms with Crippen molar-refractivity contribution >= 4 is 11.6 Å². The number of halogens is 5. The summed E-state index contributed by atoms with van der Waals surface area (Å²) in [4.78, 5) is 4.03. The molecule has 35 heavy (non-hydrogen) atoms. The number of alkyl halides is 2. The fraction of sp³-hybridized carbons (Fsp3) is 0.125. The molecule has 2 aromatic carbocycles. The van der Waals surface area contributed by atoms with Crippen LogP contribution in [0.1, 0.15) is 18.5 Å². The highest BCUT2D eigenvalue weighted by Crippen LogP contribution is 2.37. The van der Waals surface area contributed by atoms with Gasteiger partial charge in [-0.25, -0.2) is 26.5 Å². The van der Waals surface area contributed by atoms with E-state index in [1.54, 1.807) is 6.07 Å². The van der Waals surface area contributed by atoms with Crippen LogP contribution in [0.15, 0.2) is 67.1 Å². The molecule has 3 heterocycles. The average Bonchev–Trinajstić information content (AvgIpc) is 3.40. The number of nitrogens with zero attached hydrogens (tertiary/aromatic N) is 5. The monoisotopic (exact) mass is 484 g/mol. The van der Waals surface area contributed by atoms with Crippen LogP contribution in [0.2, 0.25) is 0 Å². The van der Waals surface area contributed by atoms with Gasteiger partial charge in [-0.3, -0.25) is 4.68 Å². The number of fused-ring (bicyclic) bond motifs is 1. The van der Waals surface area contributed by atoms with Crippen molar-refractivity contribution in [2.45, 2.75) is 18.9 Å². The number of hydrogen-bond donors (Lipinski definition) is 1. The Bertz CT molecular complexity index is 1530.